The van der Waals surface area contributed by atoms with Crippen molar-refractivity contribution in [2.45, 2.75) is 53.6 Å². The summed E-state index contributed by atoms with van der Waals surface area (Å²) in [4.78, 5) is 2.29. The largest absolute Gasteiger partial charge is 0.389 e. The molecule has 1 atom stereocenters. The monoisotopic (exact) mass is 295 g/mol. The first kappa shape index (κ1) is 18.0. The van der Waals surface area contributed by atoms with Crippen molar-refractivity contribution in [1.82, 2.24) is 0 Å². The molecule has 0 fully saturated rings. The van der Waals surface area contributed by atoms with Crippen LogP contribution in [0.2, 0.25) is 0 Å². The van der Waals surface area contributed by atoms with Crippen molar-refractivity contribution in [2.24, 2.45) is 11.8 Å². The minimum atomic E-state index is -0.656. The molecular weight excluding hydrogens is 265 g/mol. The molecule has 120 valence electrons. The highest BCUT2D eigenvalue weighted by Gasteiger charge is 2.16. The van der Waals surface area contributed by atoms with Crippen LogP contribution in [0.5, 0.6) is 0 Å². The first-order chi connectivity index (χ1) is 9.81. The summed E-state index contributed by atoms with van der Waals surface area (Å²) >= 11 is 0. The van der Waals surface area contributed by atoms with E-state index < -0.39 is 6.10 Å². The van der Waals surface area contributed by atoms with Crippen molar-refractivity contribution in [3.63, 3.8) is 0 Å². The van der Waals surface area contributed by atoms with Crippen molar-refractivity contribution in [2.75, 3.05) is 18.0 Å². The van der Waals surface area contributed by atoms with Gasteiger partial charge in [-0.1, -0.05) is 27.7 Å². The fourth-order valence-corrected chi connectivity index (χ4v) is 2.33. The van der Waals surface area contributed by atoms with Gasteiger partial charge in [-0.15, -0.1) is 0 Å². The smallest absolute Gasteiger partial charge is 0.123 e. The van der Waals surface area contributed by atoms with Crippen LogP contribution in [0.4, 0.5) is 10.1 Å². The second-order valence-corrected chi connectivity index (χ2v) is 6.73. The normalized spacial score (nSPS) is 13.0. The van der Waals surface area contributed by atoms with E-state index in [0.717, 1.165) is 31.6 Å². The topological polar surface area (TPSA) is 23.5 Å². The van der Waals surface area contributed by atoms with Crippen LogP contribution in [0.1, 0.15) is 59.1 Å². The Morgan fingerprint density at radius 2 is 1.52 bits per heavy atom. The number of benzene rings is 1. The van der Waals surface area contributed by atoms with Gasteiger partial charge in [-0.3, -0.25) is 0 Å². The summed E-state index contributed by atoms with van der Waals surface area (Å²) < 4.78 is 13.5. The van der Waals surface area contributed by atoms with Gasteiger partial charge in [0.2, 0.25) is 0 Å². The van der Waals surface area contributed by atoms with E-state index in [2.05, 4.69) is 32.6 Å². The van der Waals surface area contributed by atoms with Gasteiger partial charge in [0.15, 0.2) is 0 Å². The van der Waals surface area contributed by atoms with Crippen LogP contribution in [0, 0.1) is 17.7 Å². The maximum absolute atomic E-state index is 13.5. The number of hydrogen-bond donors (Lipinski definition) is 1. The highest BCUT2D eigenvalue weighted by atomic mass is 19.1. The van der Waals surface area contributed by atoms with Gasteiger partial charge in [0.1, 0.15) is 5.82 Å². The molecule has 1 N–H and O–H groups in total. The molecule has 21 heavy (non-hydrogen) atoms. The summed E-state index contributed by atoms with van der Waals surface area (Å²) in [5.74, 6) is 0.964. The molecule has 1 aromatic carbocycles. The number of hydrogen-bond acceptors (Lipinski definition) is 2. The van der Waals surface area contributed by atoms with Gasteiger partial charge in [0, 0.05) is 24.3 Å². The fraction of sp³-hybridized carbons (Fsp3) is 0.667. The first-order valence-electron chi connectivity index (χ1n) is 8.03. The number of aliphatic hydroxyl groups is 1. The molecule has 0 heterocycles. The molecule has 0 saturated heterocycles. The maximum atomic E-state index is 13.5. The molecule has 0 aliphatic rings. The number of rotatable bonds is 8. The third-order valence-corrected chi connectivity index (χ3v) is 3.73. The van der Waals surface area contributed by atoms with Gasteiger partial charge in [-0.2, -0.15) is 0 Å². The lowest BCUT2D eigenvalue weighted by molar-refractivity contribution is 0.199. The Labute approximate surface area is 129 Å². The predicted octanol–water partition coefficient (Wildman–Crippen LogP) is 4.78. The lowest BCUT2D eigenvalue weighted by Crippen LogP contribution is -2.28. The molecule has 0 aliphatic carbocycles. The molecule has 0 unspecified atom stereocenters. The van der Waals surface area contributed by atoms with Crippen molar-refractivity contribution in [3.05, 3.63) is 29.6 Å². The molecule has 0 saturated carbocycles. The Morgan fingerprint density at radius 1 is 1.00 bits per heavy atom. The van der Waals surface area contributed by atoms with Crippen LogP contribution in [-0.2, 0) is 0 Å². The van der Waals surface area contributed by atoms with Crippen molar-refractivity contribution in [1.29, 1.82) is 0 Å². The van der Waals surface area contributed by atoms with E-state index in [1.54, 1.807) is 13.0 Å². The van der Waals surface area contributed by atoms with Crippen LogP contribution in [0.25, 0.3) is 0 Å². The zero-order valence-electron chi connectivity index (χ0n) is 14.1. The highest BCUT2D eigenvalue weighted by Crippen LogP contribution is 2.28. The van der Waals surface area contributed by atoms with Gasteiger partial charge in [0.05, 0.1) is 6.10 Å². The van der Waals surface area contributed by atoms with Gasteiger partial charge >= 0.3 is 0 Å². The molecule has 3 heteroatoms. The Balaban J connectivity index is 3.00. The van der Waals surface area contributed by atoms with Crippen LogP contribution in [0.15, 0.2) is 18.2 Å². The second-order valence-electron chi connectivity index (χ2n) is 6.73. The molecule has 0 aliphatic heterocycles. The lowest BCUT2D eigenvalue weighted by Gasteiger charge is -2.29. The lowest BCUT2D eigenvalue weighted by atomic mass is 10.0. The van der Waals surface area contributed by atoms with E-state index in [1.807, 2.05) is 0 Å². The number of nitrogens with zero attached hydrogens (tertiary/aromatic N) is 1. The minimum Gasteiger partial charge on any atom is -0.389 e. The predicted molar refractivity (Wildman–Crippen MR) is 88.2 cm³/mol. The van der Waals surface area contributed by atoms with Gasteiger partial charge in [0.25, 0.3) is 0 Å². The van der Waals surface area contributed by atoms with E-state index in [4.69, 9.17) is 0 Å². The molecule has 0 radical (unpaired) electrons. The molecule has 1 aromatic rings. The van der Waals surface area contributed by atoms with E-state index >= 15 is 0 Å². The average Bonchev–Trinajstić information content (AvgIpc) is 2.38. The number of halogens is 1. The second kappa shape index (κ2) is 8.38. The molecule has 2 nitrogen and oxygen atoms in total. The third-order valence-electron chi connectivity index (χ3n) is 3.73. The molecule has 0 aromatic heterocycles. The van der Waals surface area contributed by atoms with Crippen LogP contribution in [0.3, 0.4) is 0 Å². The van der Waals surface area contributed by atoms with Gasteiger partial charge in [-0.05, 0) is 49.8 Å². The third kappa shape index (κ3) is 6.04. The SMILES string of the molecule is CC(C)CCN(CCC(C)C)c1ccc(F)cc1[C@@H](C)O. The van der Waals surface area contributed by atoms with Crippen LogP contribution < -0.4 is 4.90 Å². The van der Waals surface area contributed by atoms with Crippen LogP contribution >= 0.6 is 0 Å². The molecule has 0 amide bonds. The van der Waals surface area contributed by atoms with E-state index in [0.29, 0.717) is 17.4 Å². The number of anilines is 1. The Morgan fingerprint density at radius 3 is 1.95 bits per heavy atom. The Hall–Kier alpha value is -1.09. The Bertz CT molecular complexity index is 417. The van der Waals surface area contributed by atoms with E-state index in [1.165, 1.54) is 12.1 Å². The minimum absolute atomic E-state index is 0.290. The summed E-state index contributed by atoms with van der Waals surface area (Å²) in [6.45, 7) is 12.4. The van der Waals surface area contributed by atoms with Crippen molar-refractivity contribution < 1.29 is 9.50 Å². The summed E-state index contributed by atoms with van der Waals surface area (Å²) in [7, 11) is 0. The molecule has 1 rings (SSSR count). The molecule has 0 spiro atoms. The summed E-state index contributed by atoms with van der Waals surface area (Å²) in [6, 6.07) is 4.74. The standard InChI is InChI=1S/C18H30FNO/c1-13(2)8-10-20(11-9-14(3)4)18-7-6-16(19)12-17(18)15(5)21/h6-7,12-15,21H,8-11H2,1-5H3/t15-/m1/s1. The zero-order valence-corrected chi connectivity index (χ0v) is 14.1. The van der Waals surface area contributed by atoms with E-state index in [9.17, 15) is 9.50 Å². The summed E-state index contributed by atoms with van der Waals surface area (Å²) in [5, 5.41) is 9.94. The van der Waals surface area contributed by atoms with Crippen molar-refractivity contribution in [3.8, 4) is 0 Å². The first-order valence-corrected chi connectivity index (χ1v) is 8.03. The van der Waals surface area contributed by atoms with Crippen molar-refractivity contribution >= 4 is 5.69 Å². The molecule has 0 bridgehead atoms. The molecular formula is C18H30FNO. The zero-order chi connectivity index (χ0) is 16.0. The number of aliphatic hydroxyl groups excluding tert-OH is 1. The van der Waals surface area contributed by atoms with Gasteiger partial charge < -0.3 is 10.0 Å². The summed E-state index contributed by atoms with van der Waals surface area (Å²) in [6.07, 6.45) is 1.53. The quantitative estimate of drug-likeness (QED) is 0.746. The highest BCUT2D eigenvalue weighted by molar-refractivity contribution is 5.54. The summed E-state index contributed by atoms with van der Waals surface area (Å²) in [5.41, 5.74) is 1.65. The van der Waals surface area contributed by atoms with Gasteiger partial charge in [-0.25, -0.2) is 4.39 Å². The fourth-order valence-electron chi connectivity index (χ4n) is 2.33. The van der Waals surface area contributed by atoms with Crippen LogP contribution in [-0.4, -0.2) is 18.2 Å². The van der Waals surface area contributed by atoms with E-state index in [-0.39, 0.29) is 5.82 Å². The Kier molecular flexibility index (Phi) is 7.16. The average molecular weight is 295 g/mol. The maximum Gasteiger partial charge on any atom is 0.123 e.